The Morgan fingerprint density at radius 3 is 2.38 bits per heavy atom. The van der Waals surface area contributed by atoms with Gasteiger partial charge in [0.1, 0.15) is 5.66 Å². The van der Waals surface area contributed by atoms with E-state index in [-0.39, 0.29) is 5.96 Å². The maximum atomic E-state index is 6.27. The Hall–Kier alpha value is -2.90. The second-order valence-electron chi connectivity index (χ2n) is 6.84. The van der Waals surface area contributed by atoms with E-state index < -0.39 is 5.66 Å². The maximum absolute atomic E-state index is 6.27. The van der Waals surface area contributed by atoms with Crippen molar-refractivity contribution in [3.8, 4) is 5.69 Å². The number of nitrogens with two attached hydrogens (primary N) is 2. The molecule has 0 unspecified atom stereocenters. The van der Waals surface area contributed by atoms with E-state index in [1.165, 1.54) is 6.42 Å². The molecule has 0 atom stereocenters. The second kappa shape index (κ2) is 6.44. The zero-order valence-corrected chi connectivity index (χ0v) is 15.0. The average Bonchev–Trinajstić information content (AvgIpc) is 3.11. The Morgan fingerprint density at radius 1 is 1.04 bits per heavy atom. The smallest absolute Gasteiger partial charge is 0.220 e. The van der Waals surface area contributed by atoms with Gasteiger partial charge in [0.05, 0.1) is 17.6 Å². The lowest BCUT2D eigenvalue weighted by atomic mass is 9.87. The molecule has 26 heavy (non-hydrogen) atoms. The number of nitrogens with zero attached hydrogens (tertiary/aromatic N) is 6. The summed E-state index contributed by atoms with van der Waals surface area (Å²) < 4.78 is 1.78. The quantitative estimate of drug-likeness (QED) is 0.877. The molecule has 0 radical (unpaired) electrons. The number of rotatable bonds is 3. The summed E-state index contributed by atoms with van der Waals surface area (Å²) in [5, 5.41) is 8.32. The van der Waals surface area contributed by atoms with Crippen LogP contribution in [0.15, 0.2) is 40.4 Å². The average molecular weight is 352 g/mol. The second-order valence-corrected chi connectivity index (χ2v) is 6.84. The Morgan fingerprint density at radius 2 is 1.73 bits per heavy atom. The third-order valence-corrected chi connectivity index (χ3v) is 5.13. The van der Waals surface area contributed by atoms with Gasteiger partial charge in [-0.3, -0.25) is 4.90 Å². The molecule has 1 saturated carbocycles. The normalized spacial score (nSPS) is 19.3. The molecule has 1 fully saturated rings. The van der Waals surface area contributed by atoms with Crippen molar-refractivity contribution in [2.24, 2.45) is 21.5 Å². The van der Waals surface area contributed by atoms with Crippen LogP contribution in [0, 0.1) is 0 Å². The van der Waals surface area contributed by atoms with Crippen molar-refractivity contribution in [3.05, 3.63) is 36.2 Å². The van der Waals surface area contributed by atoms with E-state index in [0.717, 1.165) is 49.2 Å². The summed E-state index contributed by atoms with van der Waals surface area (Å²) in [7, 11) is 0. The number of guanidine groups is 2. The molecule has 4 rings (SSSR count). The van der Waals surface area contributed by atoms with Crippen LogP contribution >= 0.6 is 0 Å². The molecule has 2 aliphatic rings. The van der Waals surface area contributed by atoms with Crippen LogP contribution in [0.2, 0.25) is 0 Å². The van der Waals surface area contributed by atoms with E-state index in [9.17, 15) is 0 Å². The Kier molecular flexibility index (Phi) is 4.10. The lowest BCUT2D eigenvalue weighted by Gasteiger charge is -2.45. The highest BCUT2D eigenvalue weighted by Crippen LogP contribution is 2.39. The fourth-order valence-corrected chi connectivity index (χ4v) is 3.84. The van der Waals surface area contributed by atoms with Gasteiger partial charge in [-0.05, 0) is 56.4 Å². The van der Waals surface area contributed by atoms with Crippen LogP contribution in [-0.2, 0) is 6.42 Å². The third kappa shape index (κ3) is 2.81. The number of aliphatic imine (C=N–C) groups is 2. The first-order chi connectivity index (χ1) is 12.6. The molecule has 4 N–H and O–H groups in total. The molecule has 0 amide bonds. The number of anilines is 1. The number of benzene rings is 1. The largest absolute Gasteiger partial charge is 0.369 e. The van der Waals surface area contributed by atoms with Gasteiger partial charge in [0, 0.05) is 5.69 Å². The van der Waals surface area contributed by atoms with Gasteiger partial charge in [0.15, 0.2) is 0 Å². The highest BCUT2D eigenvalue weighted by molar-refractivity contribution is 6.05. The van der Waals surface area contributed by atoms with Crippen molar-refractivity contribution in [1.82, 2.24) is 15.0 Å². The van der Waals surface area contributed by atoms with Crippen molar-refractivity contribution >= 4 is 17.6 Å². The number of aryl methyl sites for hydroxylation is 1. The molecular weight excluding hydrogens is 328 g/mol. The predicted molar refractivity (Wildman–Crippen MR) is 102 cm³/mol. The molecule has 0 bridgehead atoms. The van der Waals surface area contributed by atoms with Crippen LogP contribution in [0.4, 0.5) is 5.69 Å². The molecule has 2 aromatic rings. The molecule has 136 valence electrons. The van der Waals surface area contributed by atoms with E-state index in [1.807, 2.05) is 35.4 Å². The molecule has 2 heterocycles. The van der Waals surface area contributed by atoms with Gasteiger partial charge < -0.3 is 11.5 Å². The van der Waals surface area contributed by atoms with Crippen molar-refractivity contribution in [3.63, 3.8) is 0 Å². The zero-order valence-electron chi connectivity index (χ0n) is 15.0. The van der Waals surface area contributed by atoms with Crippen LogP contribution in [0.5, 0.6) is 0 Å². The predicted octanol–water partition coefficient (Wildman–Crippen LogP) is 1.94. The molecule has 1 aliphatic carbocycles. The van der Waals surface area contributed by atoms with Gasteiger partial charge in [0.2, 0.25) is 11.9 Å². The summed E-state index contributed by atoms with van der Waals surface area (Å²) in [5.41, 5.74) is 14.7. The molecule has 1 aromatic heterocycles. The number of aromatic nitrogens is 3. The fraction of sp³-hybridized carbons (Fsp3) is 0.444. The van der Waals surface area contributed by atoms with Crippen molar-refractivity contribution < 1.29 is 0 Å². The van der Waals surface area contributed by atoms with Crippen LogP contribution in [-0.4, -0.2) is 32.6 Å². The molecule has 1 aliphatic heterocycles. The first-order valence-electron chi connectivity index (χ1n) is 9.13. The van der Waals surface area contributed by atoms with E-state index in [1.54, 1.807) is 4.68 Å². The van der Waals surface area contributed by atoms with E-state index in [4.69, 9.17) is 16.5 Å². The van der Waals surface area contributed by atoms with E-state index >= 15 is 0 Å². The van der Waals surface area contributed by atoms with Crippen LogP contribution < -0.4 is 16.4 Å². The molecular formula is C18H24N8. The van der Waals surface area contributed by atoms with Gasteiger partial charge >= 0.3 is 0 Å². The molecule has 1 spiro atoms. The molecule has 8 nitrogen and oxygen atoms in total. The Bertz CT molecular complexity index is 842. The van der Waals surface area contributed by atoms with Crippen molar-refractivity contribution in [1.29, 1.82) is 0 Å². The van der Waals surface area contributed by atoms with Crippen LogP contribution in [0.3, 0.4) is 0 Å². The zero-order chi connectivity index (χ0) is 18.1. The lowest BCUT2D eigenvalue weighted by molar-refractivity contribution is 0.305. The standard InChI is InChI=1S/C18H24N8/c1-2-13-12-25(24-23-13)14-6-8-15(9-7-14)26-17(20)21-16(19)22-18(26)10-4-3-5-11-18/h6-9,12H,2-5,10-11H2,1H3,(H4,19,20,21,22). The summed E-state index contributed by atoms with van der Waals surface area (Å²) in [6.45, 7) is 2.06. The minimum atomic E-state index is -0.418. The highest BCUT2D eigenvalue weighted by Gasteiger charge is 2.42. The third-order valence-electron chi connectivity index (χ3n) is 5.13. The summed E-state index contributed by atoms with van der Waals surface area (Å²) in [4.78, 5) is 10.9. The first kappa shape index (κ1) is 16.6. The maximum Gasteiger partial charge on any atom is 0.220 e. The Labute approximate surface area is 152 Å². The number of hydrogen-bond acceptors (Lipinski definition) is 7. The van der Waals surface area contributed by atoms with Gasteiger partial charge in [-0.25, -0.2) is 9.67 Å². The molecule has 0 saturated heterocycles. The summed E-state index contributed by atoms with van der Waals surface area (Å²) in [5.74, 6) is 0.674. The monoisotopic (exact) mass is 352 g/mol. The summed E-state index contributed by atoms with van der Waals surface area (Å²) in [6.07, 6.45) is 8.09. The topological polar surface area (TPSA) is 111 Å². The fourth-order valence-electron chi connectivity index (χ4n) is 3.84. The Balaban J connectivity index is 1.68. The first-order valence-corrected chi connectivity index (χ1v) is 9.13. The van der Waals surface area contributed by atoms with Gasteiger partial charge in [-0.1, -0.05) is 18.6 Å². The van der Waals surface area contributed by atoms with Gasteiger partial charge in [0.25, 0.3) is 0 Å². The minimum Gasteiger partial charge on any atom is -0.369 e. The van der Waals surface area contributed by atoms with Gasteiger partial charge in [-0.15, -0.1) is 5.10 Å². The minimum absolute atomic E-state index is 0.270. The van der Waals surface area contributed by atoms with Crippen LogP contribution in [0.25, 0.3) is 5.69 Å². The van der Waals surface area contributed by atoms with Crippen molar-refractivity contribution in [2.45, 2.75) is 51.1 Å². The van der Waals surface area contributed by atoms with Crippen LogP contribution in [0.1, 0.15) is 44.7 Å². The molecule has 8 heteroatoms. The highest BCUT2D eigenvalue weighted by atomic mass is 15.4. The summed E-state index contributed by atoms with van der Waals surface area (Å²) in [6, 6.07) is 8.07. The van der Waals surface area contributed by atoms with Crippen molar-refractivity contribution in [2.75, 3.05) is 4.90 Å². The summed E-state index contributed by atoms with van der Waals surface area (Å²) >= 11 is 0. The van der Waals surface area contributed by atoms with E-state index in [2.05, 4.69) is 22.2 Å². The SMILES string of the molecule is CCc1cn(-c2ccc(N3C(N)=NC(N)=NC34CCCCC4)cc2)nn1. The van der Waals surface area contributed by atoms with Gasteiger partial charge in [-0.2, -0.15) is 4.99 Å². The lowest BCUT2D eigenvalue weighted by Crippen LogP contribution is -2.58. The van der Waals surface area contributed by atoms with E-state index in [0.29, 0.717) is 5.96 Å². The molecule has 1 aromatic carbocycles. The number of hydrogen-bond donors (Lipinski definition) is 2.